The highest BCUT2D eigenvalue weighted by molar-refractivity contribution is 5.79. The molecule has 0 fully saturated rings. The summed E-state index contributed by atoms with van der Waals surface area (Å²) in [5.41, 5.74) is 3.91. The highest BCUT2D eigenvalue weighted by atomic mass is 16.5. The van der Waals surface area contributed by atoms with Crippen LogP contribution >= 0.6 is 0 Å². The Balaban J connectivity index is 1.56. The standard InChI is InChI=1S/C25H27N3O3/c1-17-9-10-18(2)23(13-17)31-25-12-11-20(16-27-25)15-26-24(30)14-22(28-19(3)29)21-7-5-4-6-8-21/h4-13,16,22H,14-15H2,1-3H3,(H,26,30)(H,28,29)/t22-/m0/s1. The number of benzene rings is 2. The number of nitrogens with one attached hydrogen (secondary N) is 2. The molecule has 2 N–H and O–H groups in total. The van der Waals surface area contributed by atoms with Crippen LogP contribution in [0.25, 0.3) is 0 Å². The smallest absolute Gasteiger partial charge is 0.222 e. The van der Waals surface area contributed by atoms with Crippen molar-refractivity contribution in [2.24, 2.45) is 0 Å². The third-order valence-electron chi connectivity index (χ3n) is 4.81. The molecule has 0 saturated carbocycles. The van der Waals surface area contributed by atoms with E-state index in [0.29, 0.717) is 12.4 Å². The van der Waals surface area contributed by atoms with Gasteiger partial charge in [-0.3, -0.25) is 9.59 Å². The molecule has 2 amide bonds. The van der Waals surface area contributed by atoms with E-state index >= 15 is 0 Å². The number of amides is 2. The second-order valence-electron chi connectivity index (χ2n) is 7.52. The molecule has 6 heteroatoms. The monoisotopic (exact) mass is 417 g/mol. The molecule has 1 aromatic heterocycles. The van der Waals surface area contributed by atoms with E-state index in [9.17, 15) is 9.59 Å². The number of aromatic nitrogens is 1. The van der Waals surface area contributed by atoms with Crippen molar-refractivity contribution >= 4 is 11.8 Å². The van der Waals surface area contributed by atoms with E-state index in [1.807, 2.05) is 68.4 Å². The van der Waals surface area contributed by atoms with Gasteiger partial charge >= 0.3 is 0 Å². The summed E-state index contributed by atoms with van der Waals surface area (Å²) in [5.74, 6) is 0.945. The third kappa shape index (κ3) is 6.67. The lowest BCUT2D eigenvalue weighted by molar-refractivity contribution is -0.122. The van der Waals surface area contributed by atoms with Crippen molar-refractivity contribution in [2.75, 3.05) is 0 Å². The summed E-state index contributed by atoms with van der Waals surface area (Å²) in [5, 5.41) is 5.72. The minimum Gasteiger partial charge on any atom is -0.439 e. The number of pyridine rings is 1. The molecule has 0 unspecified atom stereocenters. The molecule has 160 valence electrons. The number of ether oxygens (including phenoxy) is 1. The first-order chi connectivity index (χ1) is 14.9. The Morgan fingerprint density at radius 2 is 1.81 bits per heavy atom. The molecule has 1 atom stereocenters. The Bertz CT molecular complexity index is 1030. The minimum absolute atomic E-state index is 0.154. The predicted octanol–water partition coefficient (Wildman–Crippen LogP) is 4.37. The van der Waals surface area contributed by atoms with Crippen LogP contribution in [-0.4, -0.2) is 16.8 Å². The van der Waals surface area contributed by atoms with Crippen molar-refractivity contribution in [3.63, 3.8) is 0 Å². The molecular weight excluding hydrogens is 390 g/mol. The van der Waals surface area contributed by atoms with Crippen LogP contribution in [0, 0.1) is 13.8 Å². The molecule has 31 heavy (non-hydrogen) atoms. The number of hydrogen-bond acceptors (Lipinski definition) is 4. The van der Waals surface area contributed by atoms with Crippen molar-refractivity contribution in [1.82, 2.24) is 15.6 Å². The second-order valence-corrected chi connectivity index (χ2v) is 7.52. The Hall–Kier alpha value is -3.67. The van der Waals surface area contributed by atoms with Gasteiger partial charge in [0, 0.05) is 25.7 Å². The SMILES string of the molecule is CC(=O)N[C@@H](CC(=O)NCc1ccc(Oc2cc(C)ccc2C)nc1)c1ccccc1. The van der Waals surface area contributed by atoms with Crippen LogP contribution in [0.5, 0.6) is 11.6 Å². The lowest BCUT2D eigenvalue weighted by atomic mass is 10.0. The summed E-state index contributed by atoms with van der Waals surface area (Å²) in [6, 6.07) is 18.8. The molecule has 6 nitrogen and oxygen atoms in total. The summed E-state index contributed by atoms with van der Waals surface area (Å²) in [4.78, 5) is 28.3. The van der Waals surface area contributed by atoms with E-state index in [1.165, 1.54) is 6.92 Å². The van der Waals surface area contributed by atoms with Gasteiger partial charge in [-0.1, -0.05) is 48.5 Å². The van der Waals surface area contributed by atoms with Gasteiger partial charge in [-0.2, -0.15) is 0 Å². The van der Waals surface area contributed by atoms with Crippen molar-refractivity contribution in [3.8, 4) is 11.6 Å². The lowest BCUT2D eigenvalue weighted by Crippen LogP contribution is -2.32. The van der Waals surface area contributed by atoms with Crippen molar-refractivity contribution in [3.05, 3.63) is 89.1 Å². The number of nitrogens with zero attached hydrogens (tertiary/aromatic N) is 1. The van der Waals surface area contributed by atoms with Gasteiger partial charge in [0.1, 0.15) is 5.75 Å². The van der Waals surface area contributed by atoms with Gasteiger partial charge in [-0.15, -0.1) is 0 Å². The average Bonchev–Trinajstić information content (AvgIpc) is 2.76. The first kappa shape index (κ1) is 22.0. The maximum absolute atomic E-state index is 12.5. The second kappa shape index (κ2) is 10.4. The van der Waals surface area contributed by atoms with Crippen LogP contribution < -0.4 is 15.4 Å². The van der Waals surface area contributed by atoms with E-state index in [2.05, 4.69) is 15.6 Å². The lowest BCUT2D eigenvalue weighted by Gasteiger charge is -2.18. The van der Waals surface area contributed by atoms with Crippen LogP contribution in [0.4, 0.5) is 0 Å². The zero-order chi connectivity index (χ0) is 22.2. The average molecular weight is 418 g/mol. The topological polar surface area (TPSA) is 80.3 Å². The summed E-state index contributed by atoms with van der Waals surface area (Å²) in [7, 11) is 0. The van der Waals surface area contributed by atoms with Gasteiger partial charge in [0.25, 0.3) is 0 Å². The summed E-state index contributed by atoms with van der Waals surface area (Å²) in [6.07, 6.45) is 1.84. The van der Waals surface area contributed by atoms with E-state index in [4.69, 9.17) is 4.74 Å². The number of aryl methyl sites for hydroxylation is 2. The fraction of sp³-hybridized carbons (Fsp3) is 0.240. The van der Waals surface area contributed by atoms with Crippen LogP contribution in [0.15, 0.2) is 66.9 Å². The van der Waals surface area contributed by atoms with Crippen molar-refractivity contribution in [2.45, 2.75) is 39.8 Å². The maximum Gasteiger partial charge on any atom is 0.222 e. The van der Waals surface area contributed by atoms with Gasteiger partial charge in [0.05, 0.1) is 12.5 Å². The molecule has 3 aromatic rings. The van der Waals surface area contributed by atoms with Crippen molar-refractivity contribution < 1.29 is 14.3 Å². The van der Waals surface area contributed by atoms with Crippen LogP contribution in [-0.2, 0) is 16.1 Å². The van der Waals surface area contributed by atoms with E-state index in [0.717, 1.165) is 28.0 Å². The number of carbonyl (C=O) groups is 2. The normalized spacial score (nSPS) is 11.5. The molecule has 3 rings (SSSR count). The number of rotatable bonds is 8. The molecule has 0 spiro atoms. The molecule has 0 bridgehead atoms. The summed E-state index contributed by atoms with van der Waals surface area (Å²) in [6.45, 7) is 5.79. The largest absolute Gasteiger partial charge is 0.439 e. The van der Waals surface area contributed by atoms with E-state index < -0.39 is 0 Å². The zero-order valence-corrected chi connectivity index (χ0v) is 18.0. The molecule has 0 saturated heterocycles. The molecule has 2 aromatic carbocycles. The van der Waals surface area contributed by atoms with Gasteiger partial charge in [0.2, 0.25) is 17.7 Å². The van der Waals surface area contributed by atoms with Gasteiger partial charge in [0.15, 0.2) is 0 Å². The Labute approximate surface area is 182 Å². The Kier molecular flexibility index (Phi) is 7.38. The van der Waals surface area contributed by atoms with Crippen LogP contribution in [0.1, 0.15) is 41.6 Å². The number of hydrogen-bond donors (Lipinski definition) is 2. The van der Waals surface area contributed by atoms with Gasteiger partial charge in [-0.05, 0) is 42.2 Å². The fourth-order valence-corrected chi connectivity index (χ4v) is 3.15. The molecular formula is C25H27N3O3. The fourth-order valence-electron chi connectivity index (χ4n) is 3.15. The quantitative estimate of drug-likeness (QED) is 0.570. The van der Waals surface area contributed by atoms with Gasteiger partial charge < -0.3 is 15.4 Å². The first-order valence-corrected chi connectivity index (χ1v) is 10.2. The minimum atomic E-state index is -0.370. The predicted molar refractivity (Wildman–Crippen MR) is 120 cm³/mol. The Morgan fingerprint density at radius 3 is 2.48 bits per heavy atom. The third-order valence-corrected chi connectivity index (χ3v) is 4.81. The van der Waals surface area contributed by atoms with Gasteiger partial charge in [-0.25, -0.2) is 4.98 Å². The highest BCUT2D eigenvalue weighted by Gasteiger charge is 2.16. The zero-order valence-electron chi connectivity index (χ0n) is 18.0. The summed E-state index contributed by atoms with van der Waals surface area (Å²) < 4.78 is 5.87. The summed E-state index contributed by atoms with van der Waals surface area (Å²) >= 11 is 0. The van der Waals surface area contributed by atoms with Crippen LogP contribution in [0.3, 0.4) is 0 Å². The Morgan fingerprint density at radius 1 is 1.03 bits per heavy atom. The number of carbonyl (C=O) groups excluding carboxylic acids is 2. The van der Waals surface area contributed by atoms with Crippen molar-refractivity contribution in [1.29, 1.82) is 0 Å². The van der Waals surface area contributed by atoms with Crippen LogP contribution in [0.2, 0.25) is 0 Å². The highest BCUT2D eigenvalue weighted by Crippen LogP contribution is 2.24. The molecule has 0 aliphatic carbocycles. The molecule has 1 heterocycles. The first-order valence-electron chi connectivity index (χ1n) is 10.2. The maximum atomic E-state index is 12.5. The molecule has 0 aliphatic rings. The molecule has 0 radical (unpaired) electrons. The molecule has 0 aliphatic heterocycles. The van der Waals surface area contributed by atoms with E-state index in [1.54, 1.807) is 12.3 Å². The van der Waals surface area contributed by atoms with E-state index in [-0.39, 0.29) is 24.3 Å².